The van der Waals surface area contributed by atoms with E-state index in [1.165, 1.54) is 11.3 Å². The third-order valence-corrected chi connectivity index (χ3v) is 7.70. The molecule has 0 N–H and O–H groups in total. The molecular formula is C31H27ClN2O5S. The molecule has 40 heavy (non-hydrogen) atoms. The molecular weight excluding hydrogens is 548 g/mol. The number of methoxy groups -OCH3 is 1. The number of fused-ring (bicyclic) bond motifs is 1. The summed E-state index contributed by atoms with van der Waals surface area (Å²) in [6.07, 6.45) is 1.80. The first-order valence-corrected chi connectivity index (χ1v) is 13.9. The van der Waals surface area contributed by atoms with Crippen molar-refractivity contribution in [3.8, 4) is 11.5 Å². The lowest BCUT2D eigenvalue weighted by atomic mass is 9.95. The van der Waals surface area contributed by atoms with Gasteiger partial charge in [-0.15, -0.1) is 0 Å². The van der Waals surface area contributed by atoms with Crippen LogP contribution in [-0.2, 0) is 16.1 Å². The molecule has 0 amide bonds. The van der Waals surface area contributed by atoms with Crippen molar-refractivity contribution in [2.24, 2.45) is 4.99 Å². The Kier molecular flexibility index (Phi) is 8.19. The highest BCUT2D eigenvalue weighted by atomic mass is 35.5. The summed E-state index contributed by atoms with van der Waals surface area (Å²) >= 11 is 7.26. The molecule has 2 heterocycles. The van der Waals surface area contributed by atoms with Crippen LogP contribution in [0.1, 0.15) is 36.6 Å². The van der Waals surface area contributed by atoms with E-state index in [4.69, 9.17) is 25.8 Å². The van der Waals surface area contributed by atoms with Crippen LogP contribution in [0, 0.1) is 0 Å². The first kappa shape index (κ1) is 27.4. The maximum absolute atomic E-state index is 14.0. The van der Waals surface area contributed by atoms with Crippen LogP contribution in [-0.4, -0.2) is 24.3 Å². The smallest absolute Gasteiger partial charge is 0.338 e. The van der Waals surface area contributed by atoms with Crippen molar-refractivity contribution >= 4 is 35.0 Å². The van der Waals surface area contributed by atoms with Crippen molar-refractivity contribution in [3.63, 3.8) is 0 Å². The van der Waals surface area contributed by atoms with Crippen LogP contribution in [0.4, 0.5) is 0 Å². The molecule has 7 nitrogen and oxygen atoms in total. The number of hydrogen-bond acceptors (Lipinski definition) is 7. The number of thiazole rings is 1. The normalized spacial score (nSPS) is 14.9. The fourth-order valence-electron chi connectivity index (χ4n) is 4.59. The van der Waals surface area contributed by atoms with Gasteiger partial charge in [-0.1, -0.05) is 71.5 Å². The third-order valence-electron chi connectivity index (χ3n) is 6.46. The summed E-state index contributed by atoms with van der Waals surface area (Å²) in [7, 11) is 1.56. The Morgan fingerprint density at radius 3 is 2.48 bits per heavy atom. The Labute approximate surface area is 240 Å². The predicted molar refractivity (Wildman–Crippen MR) is 156 cm³/mol. The number of hydrogen-bond donors (Lipinski definition) is 0. The van der Waals surface area contributed by atoms with Crippen molar-refractivity contribution < 1.29 is 19.0 Å². The van der Waals surface area contributed by atoms with E-state index in [1.54, 1.807) is 37.7 Å². The summed E-state index contributed by atoms with van der Waals surface area (Å²) < 4.78 is 19.1. The summed E-state index contributed by atoms with van der Waals surface area (Å²) in [5.41, 5.74) is 2.91. The second-order valence-corrected chi connectivity index (χ2v) is 10.4. The fraction of sp³-hybridized carbons (Fsp3) is 0.194. The van der Waals surface area contributed by atoms with Gasteiger partial charge in [0.1, 0.15) is 24.1 Å². The number of aromatic nitrogens is 1. The van der Waals surface area contributed by atoms with Gasteiger partial charge < -0.3 is 14.2 Å². The molecule has 1 aromatic heterocycles. The van der Waals surface area contributed by atoms with Crippen molar-refractivity contribution in [1.82, 2.24) is 4.57 Å². The van der Waals surface area contributed by atoms with Crippen LogP contribution in [0.5, 0.6) is 11.5 Å². The van der Waals surface area contributed by atoms with E-state index in [0.717, 1.165) is 11.1 Å². The molecule has 0 saturated heterocycles. The summed E-state index contributed by atoms with van der Waals surface area (Å²) in [5.74, 6) is 0.669. The largest absolute Gasteiger partial charge is 0.496 e. The minimum atomic E-state index is -0.759. The Hall–Kier alpha value is -4.14. The number of rotatable bonds is 8. The first-order valence-electron chi connectivity index (χ1n) is 12.7. The van der Waals surface area contributed by atoms with E-state index in [0.29, 0.717) is 49.3 Å². The van der Waals surface area contributed by atoms with Gasteiger partial charge in [-0.25, -0.2) is 9.79 Å². The lowest BCUT2D eigenvalue weighted by Crippen LogP contribution is -2.40. The van der Waals surface area contributed by atoms with E-state index in [-0.39, 0.29) is 12.2 Å². The molecule has 1 aliphatic heterocycles. The molecule has 0 spiro atoms. The quantitative estimate of drug-likeness (QED) is 0.276. The van der Waals surface area contributed by atoms with E-state index in [2.05, 4.69) is 4.99 Å². The van der Waals surface area contributed by atoms with Crippen LogP contribution in [0.25, 0.3) is 6.08 Å². The standard InChI is InChI=1S/C31H27ClN2O5S/c1-4-38-30(36)27-19(2)33-31-34(28(27)23-10-6-8-12-25(23)37-3)29(35)26(40-31)17-21-9-5-7-11-24(21)39-18-20-13-15-22(32)16-14-20/h5-17,28H,4,18H2,1-3H3/b26-17-/t28-/m0/s1. The predicted octanol–water partition coefficient (Wildman–Crippen LogP) is 5.04. The number of carbonyl (C=O) groups excluding carboxylic acids is 1. The topological polar surface area (TPSA) is 79.1 Å². The third kappa shape index (κ3) is 5.46. The minimum Gasteiger partial charge on any atom is -0.496 e. The monoisotopic (exact) mass is 574 g/mol. The van der Waals surface area contributed by atoms with Crippen LogP contribution in [0.15, 0.2) is 93.9 Å². The molecule has 0 unspecified atom stereocenters. The van der Waals surface area contributed by atoms with Gasteiger partial charge in [-0.3, -0.25) is 9.36 Å². The fourth-order valence-corrected chi connectivity index (χ4v) is 5.76. The number of ether oxygens (including phenoxy) is 3. The summed E-state index contributed by atoms with van der Waals surface area (Å²) in [6, 6.07) is 21.5. The Morgan fingerprint density at radius 2 is 1.75 bits per heavy atom. The van der Waals surface area contributed by atoms with Gasteiger partial charge in [0, 0.05) is 16.1 Å². The zero-order valence-corrected chi connectivity index (χ0v) is 23.8. The molecule has 1 aliphatic rings. The molecule has 3 aromatic carbocycles. The SMILES string of the molecule is CCOC(=O)C1=C(C)N=c2s/c(=C\c3ccccc3OCc3ccc(Cl)cc3)c(=O)n2[C@H]1c1ccccc1OC. The van der Waals surface area contributed by atoms with Crippen LogP contribution >= 0.6 is 22.9 Å². The number of benzene rings is 3. The van der Waals surface area contributed by atoms with Gasteiger partial charge in [0.15, 0.2) is 4.80 Å². The number of nitrogens with zero attached hydrogens (tertiary/aromatic N) is 2. The summed E-state index contributed by atoms with van der Waals surface area (Å²) in [4.78, 5) is 32.2. The van der Waals surface area contributed by atoms with Crippen molar-refractivity contribution in [2.45, 2.75) is 26.5 Å². The van der Waals surface area contributed by atoms with Crippen molar-refractivity contribution in [2.75, 3.05) is 13.7 Å². The van der Waals surface area contributed by atoms with E-state index in [1.807, 2.05) is 66.7 Å². The Balaban J connectivity index is 1.61. The van der Waals surface area contributed by atoms with Gasteiger partial charge in [0.2, 0.25) is 0 Å². The van der Waals surface area contributed by atoms with Crippen LogP contribution in [0.3, 0.4) is 0 Å². The molecule has 0 aliphatic carbocycles. The second-order valence-electron chi connectivity index (χ2n) is 9.00. The van der Waals surface area contributed by atoms with Gasteiger partial charge in [0.05, 0.1) is 29.5 Å². The molecule has 1 atom stereocenters. The number of halogens is 1. The van der Waals surface area contributed by atoms with Gasteiger partial charge in [-0.05, 0) is 49.8 Å². The van der Waals surface area contributed by atoms with Crippen molar-refractivity contribution in [3.05, 3.63) is 125 Å². The molecule has 5 rings (SSSR count). The minimum absolute atomic E-state index is 0.200. The van der Waals surface area contributed by atoms with Gasteiger partial charge >= 0.3 is 5.97 Å². The maximum atomic E-state index is 14.0. The maximum Gasteiger partial charge on any atom is 0.338 e. The van der Waals surface area contributed by atoms with Gasteiger partial charge in [0.25, 0.3) is 5.56 Å². The zero-order valence-electron chi connectivity index (χ0n) is 22.2. The molecule has 0 radical (unpaired) electrons. The average molecular weight is 575 g/mol. The lowest BCUT2D eigenvalue weighted by Gasteiger charge is -2.25. The average Bonchev–Trinajstić information content (AvgIpc) is 3.26. The molecule has 9 heteroatoms. The summed E-state index contributed by atoms with van der Waals surface area (Å²) in [6.45, 7) is 4.05. The first-order chi connectivity index (χ1) is 19.4. The molecule has 0 saturated carbocycles. The Morgan fingerprint density at radius 1 is 1.05 bits per heavy atom. The number of allylic oxidation sites excluding steroid dienone is 1. The molecule has 4 aromatic rings. The summed E-state index contributed by atoms with van der Waals surface area (Å²) in [5, 5.41) is 0.660. The number of esters is 1. The highest BCUT2D eigenvalue weighted by Gasteiger charge is 2.34. The van der Waals surface area contributed by atoms with E-state index >= 15 is 0 Å². The highest BCUT2D eigenvalue weighted by molar-refractivity contribution is 7.07. The molecule has 0 fully saturated rings. The number of carbonyl (C=O) groups is 1. The highest BCUT2D eigenvalue weighted by Crippen LogP contribution is 2.35. The Bertz CT molecular complexity index is 1770. The van der Waals surface area contributed by atoms with Gasteiger partial charge in [-0.2, -0.15) is 0 Å². The molecule has 0 bridgehead atoms. The molecule has 204 valence electrons. The zero-order chi connectivity index (χ0) is 28.2. The number of para-hydroxylation sites is 2. The second kappa shape index (κ2) is 11.9. The van der Waals surface area contributed by atoms with E-state index in [9.17, 15) is 9.59 Å². The van der Waals surface area contributed by atoms with Crippen LogP contribution < -0.4 is 24.4 Å². The van der Waals surface area contributed by atoms with E-state index < -0.39 is 12.0 Å². The van der Waals surface area contributed by atoms with Crippen LogP contribution in [0.2, 0.25) is 5.02 Å². The van der Waals surface area contributed by atoms with Crippen molar-refractivity contribution in [1.29, 1.82) is 0 Å². The lowest BCUT2D eigenvalue weighted by molar-refractivity contribution is -0.139.